The Morgan fingerprint density at radius 1 is 0.512 bits per heavy atom. The summed E-state index contributed by atoms with van der Waals surface area (Å²) in [5.74, 6) is 1.23. The normalized spacial score (nSPS) is 17.2. The van der Waals surface area contributed by atoms with Gasteiger partial charge in [-0.3, -0.25) is 0 Å². The lowest BCUT2D eigenvalue weighted by Gasteiger charge is -2.29. The number of hydrogen-bond acceptors (Lipinski definition) is 0. The molecule has 0 bridgehead atoms. The van der Waals surface area contributed by atoms with Gasteiger partial charge in [0, 0.05) is 0 Å². The lowest BCUT2D eigenvalue weighted by molar-refractivity contribution is 0.990. The third-order valence-electron chi connectivity index (χ3n) is 9.66. The van der Waals surface area contributed by atoms with E-state index >= 15 is 0 Å². The van der Waals surface area contributed by atoms with E-state index in [-0.39, 0.29) is 0 Å². The van der Waals surface area contributed by atoms with Gasteiger partial charge in [0.15, 0.2) is 0 Å². The largest absolute Gasteiger partial charge is 0.0836 e. The quantitative estimate of drug-likeness (QED) is 0.205. The maximum Gasteiger partial charge on any atom is -0.00234 e. The van der Waals surface area contributed by atoms with Crippen LogP contribution in [0.25, 0.3) is 61.4 Å². The van der Waals surface area contributed by atoms with Crippen LogP contribution in [-0.2, 0) is 6.42 Å². The van der Waals surface area contributed by atoms with Crippen molar-refractivity contribution in [1.29, 1.82) is 0 Å². The van der Waals surface area contributed by atoms with Crippen molar-refractivity contribution < 1.29 is 0 Å². The Morgan fingerprint density at radius 3 is 1.91 bits per heavy atom. The monoisotopic (exact) mass is 552 g/mol. The Labute approximate surface area is 255 Å². The van der Waals surface area contributed by atoms with Gasteiger partial charge in [-0.2, -0.15) is 0 Å². The molecule has 2 unspecified atom stereocenters. The van der Waals surface area contributed by atoms with E-state index in [0.29, 0.717) is 11.8 Å². The topological polar surface area (TPSA) is 0 Å². The van der Waals surface area contributed by atoms with E-state index in [1.807, 2.05) is 13.8 Å². The molecule has 0 saturated heterocycles. The van der Waals surface area contributed by atoms with Gasteiger partial charge < -0.3 is 0 Å². The molecule has 0 aromatic heterocycles. The molecule has 0 nitrogen and oxygen atoms in total. The van der Waals surface area contributed by atoms with Crippen molar-refractivity contribution in [3.05, 3.63) is 150 Å². The van der Waals surface area contributed by atoms with Crippen molar-refractivity contribution in [1.82, 2.24) is 0 Å². The van der Waals surface area contributed by atoms with Crippen LogP contribution in [0.2, 0.25) is 0 Å². The molecule has 208 valence electrons. The van der Waals surface area contributed by atoms with Gasteiger partial charge in [0.1, 0.15) is 0 Å². The van der Waals surface area contributed by atoms with Crippen LogP contribution in [0.1, 0.15) is 60.8 Å². The van der Waals surface area contributed by atoms with Crippen LogP contribution in [0, 0.1) is 0 Å². The predicted molar refractivity (Wildman–Crippen MR) is 184 cm³/mol. The summed E-state index contributed by atoms with van der Waals surface area (Å²) in [6.07, 6.45) is 8.20. The van der Waals surface area contributed by atoms with Crippen LogP contribution in [0.4, 0.5) is 0 Å². The van der Waals surface area contributed by atoms with Crippen molar-refractivity contribution in [2.75, 3.05) is 0 Å². The average Bonchev–Trinajstić information content (AvgIpc) is 3.90. The molecule has 3 aliphatic carbocycles. The molecule has 0 radical (unpaired) electrons. The van der Waals surface area contributed by atoms with Gasteiger partial charge in [0.25, 0.3) is 0 Å². The van der Waals surface area contributed by atoms with E-state index in [9.17, 15) is 0 Å². The molecule has 6 aromatic carbocycles. The van der Waals surface area contributed by atoms with Gasteiger partial charge in [-0.05, 0) is 109 Å². The third-order valence-corrected chi connectivity index (χ3v) is 9.66. The van der Waals surface area contributed by atoms with Crippen LogP contribution in [0.3, 0.4) is 0 Å². The first-order valence-corrected chi connectivity index (χ1v) is 16.0. The van der Waals surface area contributed by atoms with Crippen molar-refractivity contribution >= 4 is 16.8 Å². The second kappa shape index (κ2) is 10.5. The Balaban J connectivity index is 0.00000136. The summed E-state index contributed by atoms with van der Waals surface area (Å²) in [5.41, 5.74) is 17.1. The van der Waals surface area contributed by atoms with Crippen LogP contribution in [0.5, 0.6) is 0 Å². The molecule has 0 amide bonds. The smallest absolute Gasteiger partial charge is 0.00234 e. The van der Waals surface area contributed by atoms with Gasteiger partial charge in [-0.15, -0.1) is 0 Å². The molecule has 1 saturated carbocycles. The van der Waals surface area contributed by atoms with Gasteiger partial charge >= 0.3 is 0 Å². The van der Waals surface area contributed by atoms with Gasteiger partial charge in [-0.25, -0.2) is 0 Å². The zero-order chi connectivity index (χ0) is 28.9. The summed E-state index contributed by atoms with van der Waals surface area (Å²) >= 11 is 0. The molecule has 0 aliphatic heterocycles. The Kier molecular flexibility index (Phi) is 6.37. The van der Waals surface area contributed by atoms with Gasteiger partial charge in [0.2, 0.25) is 0 Å². The first-order valence-electron chi connectivity index (χ1n) is 16.0. The van der Waals surface area contributed by atoms with Crippen molar-refractivity contribution in [2.24, 2.45) is 0 Å². The van der Waals surface area contributed by atoms with Crippen LogP contribution < -0.4 is 0 Å². The minimum absolute atomic E-state index is 0.594. The van der Waals surface area contributed by atoms with E-state index in [4.69, 9.17) is 0 Å². The summed E-state index contributed by atoms with van der Waals surface area (Å²) < 4.78 is 0. The van der Waals surface area contributed by atoms with Crippen LogP contribution >= 0.6 is 0 Å². The molecule has 9 rings (SSSR count). The van der Waals surface area contributed by atoms with E-state index < -0.39 is 0 Å². The summed E-state index contributed by atoms with van der Waals surface area (Å²) in [6, 6.07) is 45.3. The maximum absolute atomic E-state index is 2.44. The maximum atomic E-state index is 2.44. The first-order chi connectivity index (χ1) is 21.4. The van der Waals surface area contributed by atoms with Crippen molar-refractivity contribution in [3.63, 3.8) is 0 Å². The second-order valence-corrected chi connectivity index (χ2v) is 11.8. The van der Waals surface area contributed by atoms with E-state index in [1.165, 1.54) is 78.4 Å². The predicted octanol–water partition coefficient (Wildman–Crippen LogP) is 12.1. The minimum atomic E-state index is 0.594. The summed E-state index contributed by atoms with van der Waals surface area (Å²) in [5, 5.41) is 2.71. The highest BCUT2D eigenvalue weighted by Gasteiger charge is 2.47. The Hall–Kier alpha value is -4.68. The molecular weight excluding hydrogens is 516 g/mol. The zero-order valence-electron chi connectivity index (χ0n) is 25.0. The van der Waals surface area contributed by atoms with Gasteiger partial charge in [0.05, 0.1) is 0 Å². The fourth-order valence-electron chi connectivity index (χ4n) is 7.89. The molecule has 1 fully saturated rings. The summed E-state index contributed by atoms with van der Waals surface area (Å²) in [7, 11) is 0. The summed E-state index contributed by atoms with van der Waals surface area (Å²) in [6.45, 7) is 4.00. The Bertz CT molecular complexity index is 2010. The number of fused-ring (bicyclic) bond motifs is 8. The SMILES string of the molecule is C1=Cc2c(c(-c3ccccc3)c3ccccc3c2-c2ccc(-c3ccccc3)c3c2-c2ccccc2C2CC32)CC1.CC. The van der Waals surface area contributed by atoms with Crippen molar-refractivity contribution in [2.45, 2.75) is 44.9 Å². The number of allylic oxidation sites excluding steroid dienone is 1. The van der Waals surface area contributed by atoms with Crippen LogP contribution in [0.15, 0.2) is 127 Å². The van der Waals surface area contributed by atoms with Gasteiger partial charge in [-0.1, -0.05) is 147 Å². The van der Waals surface area contributed by atoms with E-state index in [2.05, 4.69) is 133 Å². The average molecular weight is 553 g/mol. The molecule has 0 N–H and O–H groups in total. The Morgan fingerprint density at radius 2 is 1.14 bits per heavy atom. The number of rotatable bonds is 3. The highest BCUT2D eigenvalue weighted by Crippen LogP contribution is 2.65. The zero-order valence-corrected chi connectivity index (χ0v) is 25.0. The lowest BCUT2D eigenvalue weighted by Crippen LogP contribution is -2.06. The lowest BCUT2D eigenvalue weighted by atomic mass is 9.74. The highest BCUT2D eigenvalue weighted by atomic mass is 14.5. The van der Waals surface area contributed by atoms with E-state index in [0.717, 1.165) is 12.8 Å². The standard InChI is InChI=1S/C41H30.C2H6/c1-3-13-26(14-4-1)28-23-24-35(41-30-18-8-7-17-29(30)36-25-37(36)40(28)41)39-33-21-11-9-19-31(33)38(27-15-5-2-6-16-27)32-20-10-12-22-34(32)39;1-2/h1-9,11-19,21-24,36-37H,10,20,25H2;1-2H3. The second-order valence-electron chi connectivity index (χ2n) is 11.8. The van der Waals surface area contributed by atoms with Crippen molar-refractivity contribution in [3.8, 4) is 44.5 Å². The molecule has 0 spiro atoms. The van der Waals surface area contributed by atoms with Crippen LogP contribution in [-0.4, -0.2) is 0 Å². The molecule has 0 heterocycles. The van der Waals surface area contributed by atoms with E-state index in [1.54, 1.807) is 5.56 Å². The molecular formula is C43H36. The minimum Gasteiger partial charge on any atom is -0.0836 e. The first kappa shape index (κ1) is 26.0. The highest BCUT2D eigenvalue weighted by molar-refractivity contribution is 6.12. The molecule has 0 heteroatoms. The fourth-order valence-corrected chi connectivity index (χ4v) is 7.89. The number of hydrogen-bond donors (Lipinski definition) is 0. The molecule has 2 atom stereocenters. The number of benzene rings is 6. The fraction of sp³-hybridized carbons (Fsp3) is 0.163. The third kappa shape index (κ3) is 4.04. The summed E-state index contributed by atoms with van der Waals surface area (Å²) in [4.78, 5) is 0. The molecule has 6 aromatic rings. The molecule has 43 heavy (non-hydrogen) atoms. The molecule has 3 aliphatic rings.